The number of para-hydroxylation sites is 1. The average Bonchev–Trinajstić information content (AvgIpc) is 3.14. The minimum Gasteiger partial charge on any atom is -0.356 e. The summed E-state index contributed by atoms with van der Waals surface area (Å²) >= 11 is 1.21. The Balaban J connectivity index is 1.77. The van der Waals surface area contributed by atoms with E-state index in [4.69, 9.17) is 0 Å². The van der Waals surface area contributed by atoms with E-state index in [1.54, 1.807) is 22.8 Å². The molecule has 0 saturated carbocycles. The molecule has 32 heavy (non-hydrogen) atoms. The zero-order valence-corrected chi connectivity index (χ0v) is 19.3. The van der Waals surface area contributed by atoms with Gasteiger partial charge < -0.3 is 5.32 Å². The molecule has 6 nitrogen and oxygen atoms in total. The molecule has 3 rings (SSSR count). The molecule has 1 amide bonds. The van der Waals surface area contributed by atoms with Crippen LogP contribution in [0.3, 0.4) is 0 Å². The van der Waals surface area contributed by atoms with Gasteiger partial charge in [0, 0.05) is 25.5 Å². The fraction of sp³-hybridized carbons (Fsp3) is 0.333. The van der Waals surface area contributed by atoms with Gasteiger partial charge in [0.2, 0.25) is 5.91 Å². The number of ketones is 1. The van der Waals surface area contributed by atoms with Gasteiger partial charge in [0.15, 0.2) is 10.9 Å². The van der Waals surface area contributed by atoms with Gasteiger partial charge in [-0.05, 0) is 30.0 Å². The molecule has 168 valence electrons. The maximum absolute atomic E-state index is 14.5. The summed E-state index contributed by atoms with van der Waals surface area (Å²) in [5.74, 6) is 0.619. The summed E-state index contributed by atoms with van der Waals surface area (Å²) in [6.45, 7) is 6.11. The third-order valence-corrected chi connectivity index (χ3v) is 5.70. The lowest BCUT2D eigenvalue weighted by atomic mass is 10.0. The minimum absolute atomic E-state index is 0.0334. The molecule has 0 saturated heterocycles. The van der Waals surface area contributed by atoms with Crippen LogP contribution in [0.15, 0.2) is 53.7 Å². The number of thioether (sulfide) groups is 1. The highest BCUT2D eigenvalue weighted by atomic mass is 32.2. The van der Waals surface area contributed by atoms with Gasteiger partial charge in [-0.25, -0.2) is 4.39 Å². The molecule has 0 radical (unpaired) electrons. The predicted molar refractivity (Wildman–Crippen MR) is 124 cm³/mol. The van der Waals surface area contributed by atoms with Crippen LogP contribution in [0.25, 0.3) is 5.69 Å². The smallest absolute Gasteiger partial charge is 0.216 e. The van der Waals surface area contributed by atoms with Crippen molar-refractivity contribution in [1.82, 2.24) is 20.1 Å². The molecular formula is C24H27FN4O2S. The molecule has 1 N–H and O–H groups in total. The van der Waals surface area contributed by atoms with Crippen LogP contribution in [0.1, 0.15) is 42.5 Å². The monoisotopic (exact) mass is 454 g/mol. The number of Topliss-reactive ketones (excluding diaryl/α,β-unsaturated/α-hetero) is 1. The molecule has 0 unspecified atom stereocenters. The van der Waals surface area contributed by atoms with Crippen LogP contribution in [0.2, 0.25) is 0 Å². The molecule has 0 atom stereocenters. The third kappa shape index (κ3) is 6.26. The summed E-state index contributed by atoms with van der Waals surface area (Å²) in [5, 5.41) is 11.5. The van der Waals surface area contributed by atoms with Gasteiger partial charge in [0.25, 0.3) is 0 Å². The van der Waals surface area contributed by atoms with Crippen molar-refractivity contribution >= 4 is 23.5 Å². The normalized spacial score (nSPS) is 11.0. The zero-order valence-electron chi connectivity index (χ0n) is 18.5. The summed E-state index contributed by atoms with van der Waals surface area (Å²) in [6, 6.07) is 14.0. The van der Waals surface area contributed by atoms with Crippen LogP contribution in [-0.4, -0.2) is 38.8 Å². The Labute approximate surface area is 191 Å². The number of hydrogen-bond donors (Lipinski definition) is 1. The first kappa shape index (κ1) is 23.7. The van der Waals surface area contributed by atoms with Crippen molar-refractivity contribution in [2.75, 3.05) is 12.3 Å². The fourth-order valence-electron chi connectivity index (χ4n) is 3.29. The predicted octanol–water partition coefficient (Wildman–Crippen LogP) is 4.26. The molecule has 0 aliphatic heterocycles. The highest BCUT2D eigenvalue weighted by molar-refractivity contribution is 7.99. The quantitative estimate of drug-likeness (QED) is 0.366. The molecule has 3 aromatic rings. The Hall–Kier alpha value is -3.00. The highest BCUT2D eigenvalue weighted by Gasteiger charge is 2.18. The molecular weight excluding hydrogens is 427 g/mol. The molecule has 8 heteroatoms. The second-order valence-electron chi connectivity index (χ2n) is 7.93. The lowest BCUT2D eigenvalue weighted by molar-refractivity contribution is -0.118. The molecule has 0 aliphatic rings. The van der Waals surface area contributed by atoms with Gasteiger partial charge in [-0.3, -0.25) is 14.2 Å². The first-order valence-corrected chi connectivity index (χ1v) is 11.5. The second-order valence-corrected chi connectivity index (χ2v) is 8.87. The van der Waals surface area contributed by atoms with Crippen molar-refractivity contribution in [1.29, 1.82) is 0 Å². The number of carbonyl (C=O) groups excluding carboxylic acids is 2. The van der Waals surface area contributed by atoms with Crippen LogP contribution in [0.4, 0.5) is 4.39 Å². The van der Waals surface area contributed by atoms with Crippen molar-refractivity contribution in [2.45, 2.75) is 38.8 Å². The number of nitrogens with one attached hydrogen (secondary N) is 1. The van der Waals surface area contributed by atoms with Crippen molar-refractivity contribution in [3.63, 3.8) is 0 Å². The first-order chi connectivity index (χ1) is 15.3. The van der Waals surface area contributed by atoms with E-state index < -0.39 is 5.82 Å². The largest absolute Gasteiger partial charge is 0.356 e. The van der Waals surface area contributed by atoms with Gasteiger partial charge in [0.1, 0.15) is 11.6 Å². The van der Waals surface area contributed by atoms with E-state index in [1.807, 2.05) is 24.3 Å². The van der Waals surface area contributed by atoms with Gasteiger partial charge in [-0.2, -0.15) is 0 Å². The molecule has 1 aromatic heterocycles. The lowest BCUT2D eigenvalue weighted by Gasteiger charge is -2.11. The Morgan fingerprint density at radius 3 is 2.47 bits per heavy atom. The summed E-state index contributed by atoms with van der Waals surface area (Å²) in [6.07, 6.45) is 1.35. The number of rotatable bonds is 10. The van der Waals surface area contributed by atoms with Gasteiger partial charge in [0.05, 0.1) is 11.4 Å². The highest BCUT2D eigenvalue weighted by Crippen LogP contribution is 2.25. The number of amides is 1. The van der Waals surface area contributed by atoms with Crippen molar-refractivity contribution in [3.05, 3.63) is 71.3 Å². The summed E-state index contributed by atoms with van der Waals surface area (Å²) in [5.41, 5.74) is 2.14. The summed E-state index contributed by atoms with van der Waals surface area (Å²) < 4.78 is 16.1. The lowest BCUT2D eigenvalue weighted by Crippen LogP contribution is -2.23. The molecule has 0 aliphatic carbocycles. The van der Waals surface area contributed by atoms with Gasteiger partial charge in [-0.15, -0.1) is 10.2 Å². The van der Waals surface area contributed by atoms with Crippen LogP contribution in [0.5, 0.6) is 0 Å². The number of aromatic nitrogens is 3. The molecule has 1 heterocycles. The Morgan fingerprint density at radius 1 is 1.09 bits per heavy atom. The number of carbonyl (C=O) groups is 2. The van der Waals surface area contributed by atoms with E-state index in [9.17, 15) is 14.0 Å². The third-order valence-electron chi connectivity index (χ3n) is 4.77. The van der Waals surface area contributed by atoms with Crippen LogP contribution in [0, 0.1) is 11.7 Å². The number of halogens is 1. The van der Waals surface area contributed by atoms with Crippen molar-refractivity contribution < 1.29 is 14.0 Å². The number of benzene rings is 2. The second kappa shape index (κ2) is 11.0. The first-order valence-electron chi connectivity index (χ1n) is 10.5. The average molecular weight is 455 g/mol. The molecule has 0 spiro atoms. The van der Waals surface area contributed by atoms with E-state index in [0.717, 1.165) is 6.42 Å². The maximum Gasteiger partial charge on any atom is 0.216 e. The summed E-state index contributed by atoms with van der Waals surface area (Å²) in [4.78, 5) is 23.9. The zero-order chi connectivity index (χ0) is 23.1. The van der Waals surface area contributed by atoms with Crippen LogP contribution < -0.4 is 5.32 Å². The standard InChI is InChI=1S/C24H27FN4O2S/c1-16(2)14-18-8-10-19(11-9-18)22(31)15-32-24-28-27-23(12-13-26-17(3)30)29(24)21-7-5-4-6-20(21)25/h4-11,16H,12-15H2,1-3H3,(H,26,30). The topological polar surface area (TPSA) is 76.9 Å². The molecule has 2 aromatic carbocycles. The Bertz CT molecular complexity index is 1080. The van der Waals surface area contributed by atoms with E-state index in [1.165, 1.54) is 30.3 Å². The Kier molecular flexibility index (Phi) is 8.16. The van der Waals surface area contributed by atoms with Gasteiger partial charge >= 0.3 is 0 Å². The van der Waals surface area contributed by atoms with E-state index >= 15 is 0 Å². The van der Waals surface area contributed by atoms with Gasteiger partial charge in [-0.1, -0.05) is 62.0 Å². The minimum atomic E-state index is -0.415. The van der Waals surface area contributed by atoms with E-state index in [-0.39, 0.29) is 17.4 Å². The van der Waals surface area contributed by atoms with Crippen LogP contribution in [-0.2, 0) is 17.6 Å². The number of hydrogen-bond acceptors (Lipinski definition) is 5. The van der Waals surface area contributed by atoms with Crippen LogP contribution >= 0.6 is 11.8 Å². The number of nitrogens with zero attached hydrogens (tertiary/aromatic N) is 3. The Morgan fingerprint density at radius 2 is 1.81 bits per heavy atom. The molecule has 0 bridgehead atoms. The van der Waals surface area contributed by atoms with Crippen molar-refractivity contribution in [3.8, 4) is 5.69 Å². The fourth-order valence-corrected chi connectivity index (χ4v) is 4.15. The van der Waals surface area contributed by atoms with Crippen molar-refractivity contribution in [2.24, 2.45) is 5.92 Å². The summed E-state index contributed by atoms with van der Waals surface area (Å²) in [7, 11) is 0. The SMILES string of the molecule is CC(=O)NCCc1nnc(SCC(=O)c2ccc(CC(C)C)cc2)n1-c1ccccc1F. The van der Waals surface area contributed by atoms with E-state index in [0.29, 0.717) is 41.1 Å². The maximum atomic E-state index is 14.5. The molecule has 0 fully saturated rings. The van der Waals surface area contributed by atoms with E-state index in [2.05, 4.69) is 29.4 Å².